The third-order valence-electron chi connectivity index (χ3n) is 8.95. The summed E-state index contributed by atoms with van der Waals surface area (Å²) in [5.41, 5.74) is 10.9. The van der Waals surface area contributed by atoms with Gasteiger partial charge in [-0.15, -0.1) is 53.6 Å². The average Bonchev–Trinajstić information content (AvgIpc) is 3.54. The molecule has 3 heterocycles. The summed E-state index contributed by atoms with van der Waals surface area (Å²) in [7, 11) is -1.29. The molecule has 3 aromatic heterocycles. The zero-order valence-electron chi connectivity index (χ0n) is 30.5. The third kappa shape index (κ3) is 8.02. The van der Waals surface area contributed by atoms with Crippen LogP contribution in [0.25, 0.3) is 66.7 Å². The largest absolute Gasteiger partial charge is 0.501 e. The number of hydrogen-bond donors (Lipinski definition) is 0. The van der Waals surface area contributed by atoms with Crippen LogP contribution in [-0.4, -0.2) is 18.0 Å². The summed E-state index contributed by atoms with van der Waals surface area (Å²) in [6.07, 6.45) is 3.79. The predicted octanol–water partition coefficient (Wildman–Crippen LogP) is 12.0. The molecule has 0 amide bonds. The fourth-order valence-corrected chi connectivity index (χ4v) is 7.08. The summed E-state index contributed by atoms with van der Waals surface area (Å²) < 4.78 is 14.6. The van der Waals surface area contributed by atoms with Gasteiger partial charge in [-0.25, -0.2) is 0 Å². The van der Waals surface area contributed by atoms with Gasteiger partial charge in [0.05, 0.1) is 13.7 Å². The van der Waals surface area contributed by atoms with Gasteiger partial charge in [-0.2, -0.15) is 0 Å². The minimum atomic E-state index is -1.29. The van der Waals surface area contributed by atoms with E-state index in [1.54, 1.807) is 6.20 Å². The van der Waals surface area contributed by atoms with E-state index in [0.717, 1.165) is 61.1 Å². The van der Waals surface area contributed by atoms with Crippen molar-refractivity contribution in [3.8, 4) is 44.8 Å². The van der Waals surface area contributed by atoms with Gasteiger partial charge in [0.1, 0.15) is 5.58 Å². The van der Waals surface area contributed by atoms with E-state index in [9.17, 15) is 0 Å². The number of pyridine rings is 2. The second-order valence-electron chi connectivity index (χ2n) is 13.7. The Labute approximate surface area is 317 Å². The quantitative estimate of drug-likeness (QED) is 0.124. The van der Waals surface area contributed by atoms with E-state index >= 15 is 0 Å². The molecule has 0 fully saturated rings. The van der Waals surface area contributed by atoms with Gasteiger partial charge in [0.25, 0.3) is 0 Å². The fraction of sp³-hybridized carbons (Fsp3) is 0.130. The maximum atomic E-state index is 8.33. The van der Waals surface area contributed by atoms with Crippen molar-refractivity contribution in [2.24, 2.45) is 0 Å². The van der Waals surface area contributed by atoms with Gasteiger partial charge in [0.15, 0.2) is 0 Å². The number of hydrogen-bond acceptors (Lipinski definition) is 3. The first-order chi connectivity index (χ1) is 24.5. The topological polar surface area (TPSA) is 38.9 Å². The van der Waals surface area contributed by atoms with Crippen molar-refractivity contribution in [2.75, 3.05) is 0 Å². The Hall–Kier alpha value is -4.93. The van der Waals surface area contributed by atoms with E-state index < -0.39 is 14.0 Å². The predicted molar refractivity (Wildman–Crippen MR) is 212 cm³/mol. The van der Waals surface area contributed by atoms with Gasteiger partial charge in [-0.3, -0.25) is 0 Å². The maximum Gasteiger partial charge on any atom is 0.121 e. The monoisotopic (exact) mass is 858 g/mol. The summed E-state index contributed by atoms with van der Waals surface area (Å²) >= 11 is 0. The van der Waals surface area contributed by atoms with Crippen molar-refractivity contribution in [3.05, 3.63) is 164 Å². The number of fused-ring (bicyclic) bond motifs is 3. The first kappa shape index (κ1) is 34.5. The third-order valence-corrected chi connectivity index (χ3v) is 11.0. The summed E-state index contributed by atoms with van der Waals surface area (Å²) in [6.45, 7) is 10.8. The van der Waals surface area contributed by atoms with Gasteiger partial charge >= 0.3 is 0 Å². The summed E-state index contributed by atoms with van der Waals surface area (Å²) in [4.78, 5) is 9.19. The molecule has 1 radical (unpaired) electrons. The molecule has 0 saturated heterocycles. The Kier molecular flexibility index (Phi) is 10.5. The Morgan fingerprint density at radius 2 is 1.33 bits per heavy atom. The van der Waals surface area contributed by atoms with E-state index in [4.69, 9.17) is 5.79 Å². The Morgan fingerprint density at radius 3 is 1.98 bits per heavy atom. The van der Waals surface area contributed by atoms with Crippen LogP contribution in [0.5, 0.6) is 0 Å². The van der Waals surface area contributed by atoms with E-state index in [2.05, 4.69) is 121 Å². The van der Waals surface area contributed by atoms with Gasteiger partial charge in [0, 0.05) is 39.3 Å². The van der Waals surface area contributed by atoms with Gasteiger partial charge in [0.2, 0.25) is 0 Å². The normalized spacial score (nSPS) is 11.7. The Balaban J connectivity index is 0.000000182. The van der Waals surface area contributed by atoms with Crippen molar-refractivity contribution < 1.29 is 25.9 Å². The molecule has 0 N–H and O–H groups in total. The van der Waals surface area contributed by atoms with Crippen LogP contribution in [0.15, 0.2) is 150 Å². The van der Waals surface area contributed by atoms with E-state index in [-0.39, 0.29) is 20.1 Å². The minimum absolute atomic E-state index is 0. The molecule has 5 aromatic carbocycles. The molecule has 0 aliphatic carbocycles. The smallest absolute Gasteiger partial charge is 0.121 e. The summed E-state index contributed by atoms with van der Waals surface area (Å²) in [5, 5.41) is 3.51. The van der Waals surface area contributed by atoms with Crippen LogP contribution < -0.4 is 5.19 Å². The molecule has 0 unspecified atom stereocenters. The van der Waals surface area contributed by atoms with Crippen molar-refractivity contribution in [1.82, 2.24) is 9.97 Å². The van der Waals surface area contributed by atoms with Crippen molar-refractivity contribution in [1.29, 1.82) is 0 Å². The number of aromatic nitrogens is 2. The molecule has 0 saturated carbocycles. The van der Waals surface area contributed by atoms with Crippen LogP contribution in [-0.2, 0) is 20.1 Å². The van der Waals surface area contributed by atoms with Crippen LogP contribution in [0.2, 0.25) is 19.6 Å². The second kappa shape index (κ2) is 15.5. The standard InChI is InChI=1S/C26H20NO.C20H20NSi.Ir/c1-17(2)19-13-14-27-24(15-19)23-10-6-9-22-21-12-11-20(16-25(21)28-26(22)23)18-7-4-3-5-8-18;1-22(2,3)19-12-13-20(21-15-19)18-11-7-10-17(14-18)16-8-5-4-6-9-16;/h3-9,11-17H,1-2H3;4-10,12-15H,1-3H3;/q2*-1;/i17D;;. The van der Waals surface area contributed by atoms with Crippen LogP contribution in [0.3, 0.4) is 0 Å². The number of rotatable bonds is 6. The molecule has 255 valence electrons. The van der Waals surface area contributed by atoms with Gasteiger partial charge < -0.3 is 14.4 Å². The molecule has 5 heteroatoms. The van der Waals surface area contributed by atoms with Crippen molar-refractivity contribution in [2.45, 2.75) is 39.4 Å². The van der Waals surface area contributed by atoms with Crippen LogP contribution in [0.4, 0.5) is 0 Å². The Morgan fingerprint density at radius 1 is 0.647 bits per heavy atom. The van der Waals surface area contributed by atoms with E-state index in [0.29, 0.717) is 0 Å². The molecule has 8 rings (SSSR count). The van der Waals surface area contributed by atoms with Crippen LogP contribution in [0, 0.1) is 12.1 Å². The molecule has 0 spiro atoms. The second-order valence-corrected chi connectivity index (χ2v) is 18.8. The van der Waals surface area contributed by atoms with Gasteiger partial charge in [-0.05, 0) is 51.3 Å². The molecular formula is C46H40IrN2OSi-2. The van der Waals surface area contributed by atoms with Crippen LogP contribution in [0.1, 0.15) is 26.7 Å². The van der Waals surface area contributed by atoms with E-state index in [1.807, 2.05) is 74.6 Å². The molecule has 51 heavy (non-hydrogen) atoms. The average molecular weight is 858 g/mol. The summed E-state index contributed by atoms with van der Waals surface area (Å²) in [6, 6.07) is 52.0. The molecule has 0 aliphatic rings. The van der Waals surface area contributed by atoms with Crippen molar-refractivity contribution in [3.63, 3.8) is 0 Å². The molecular weight excluding hydrogens is 817 g/mol. The fourth-order valence-electron chi connectivity index (χ4n) is 6.04. The zero-order valence-corrected chi connectivity index (χ0v) is 32.9. The molecule has 0 bridgehead atoms. The number of furan rings is 1. The van der Waals surface area contributed by atoms with Gasteiger partial charge in [-0.1, -0.05) is 141 Å². The molecule has 0 aliphatic heterocycles. The number of nitrogens with zero attached hydrogens (tertiary/aromatic N) is 2. The summed E-state index contributed by atoms with van der Waals surface area (Å²) in [5.74, 6) is -0.690. The molecule has 3 nitrogen and oxygen atoms in total. The molecule has 0 atom stereocenters. The number of benzene rings is 5. The zero-order chi connectivity index (χ0) is 35.6. The first-order valence-corrected chi connectivity index (χ1v) is 20.5. The van der Waals surface area contributed by atoms with E-state index in [1.165, 1.54) is 16.3 Å². The molecule has 8 aromatic rings. The minimum Gasteiger partial charge on any atom is -0.501 e. The van der Waals surface area contributed by atoms with Crippen LogP contribution >= 0.6 is 0 Å². The van der Waals surface area contributed by atoms with Crippen molar-refractivity contribution >= 4 is 35.2 Å². The first-order valence-electron chi connectivity index (χ1n) is 17.5. The maximum absolute atomic E-state index is 8.33. The Bertz CT molecular complexity index is 2430. The SMILES string of the molecule is C[Si](C)(C)c1ccc(-c2[c-]ccc(-c3ccccc3)c2)nc1.[2H]C(C)(C)c1ccnc(-c2[c-]ccc3c2oc2cc(-c4ccccc4)ccc23)c1.[Ir].